The van der Waals surface area contributed by atoms with Crippen molar-refractivity contribution in [1.29, 1.82) is 0 Å². The summed E-state index contributed by atoms with van der Waals surface area (Å²) in [6, 6.07) is 10.7. The van der Waals surface area contributed by atoms with Crippen LogP contribution in [0.15, 0.2) is 47.5 Å². The summed E-state index contributed by atoms with van der Waals surface area (Å²) in [5, 5.41) is 17.1. The molecule has 3 N–H and O–H groups in total. The molecule has 3 heterocycles. The Morgan fingerprint density at radius 3 is 3.03 bits per heavy atom. The first-order valence-electron chi connectivity index (χ1n) is 11.5. The van der Waals surface area contributed by atoms with Gasteiger partial charge in [-0.05, 0) is 36.4 Å². The van der Waals surface area contributed by atoms with E-state index in [1.165, 1.54) is 22.9 Å². The average Bonchev–Trinajstić information content (AvgIpc) is 3.24. The first kappa shape index (κ1) is 24.3. The molecule has 2 aromatic carbocycles. The lowest BCUT2D eigenvalue weighted by Gasteiger charge is -2.20. The standard InChI is InChI=1S/C25H25FN4O5S/c1-34-16-3-4-21-18(8-16)19(20(26)11-28-21)10-27-9-15(31)7-17-12-30(25(33)35-17)14-2-5-23-22(6-14)29-24(32)13-36-23/h2-6,8,11,15,17,27,31H,7,9-10,12-13H2,1H3,(H,29,32)/t15-,17+/m1/s1. The van der Waals surface area contributed by atoms with Gasteiger partial charge in [-0.25, -0.2) is 9.18 Å². The van der Waals surface area contributed by atoms with E-state index in [9.17, 15) is 19.1 Å². The summed E-state index contributed by atoms with van der Waals surface area (Å²) in [4.78, 5) is 30.7. The summed E-state index contributed by atoms with van der Waals surface area (Å²) in [5.74, 6) is 0.437. The summed E-state index contributed by atoms with van der Waals surface area (Å²) in [6.45, 7) is 0.646. The summed E-state index contributed by atoms with van der Waals surface area (Å²) in [7, 11) is 1.54. The van der Waals surface area contributed by atoms with E-state index in [0.717, 1.165) is 4.90 Å². The number of carbonyl (C=O) groups is 2. The molecule has 0 aliphatic carbocycles. The molecule has 0 spiro atoms. The number of ether oxygens (including phenoxy) is 2. The summed E-state index contributed by atoms with van der Waals surface area (Å²) in [6.07, 6.45) is -0.418. The number of aliphatic hydroxyl groups excluding tert-OH is 1. The number of halogens is 1. The Hall–Kier alpha value is -3.41. The number of methoxy groups -OCH3 is 1. The van der Waals surface area contributed by atoms with Gasteiger partial charge in [0.2, 0.25) is 5.91 Å². The number of hydrogen-bond donors (Lipinski definition) is 3. The summed E-state index contributed by atoms with van der Waals surface area (Å²) < 4.78 is 25.2. The molecule has 188 valence electrons. The highest BCUT2D eigenvalue weighted by molar-refractivity contribution is 8.00. The predicted octanol–water partition coefficient (Wildman–Crippen LogP) is 3.29. The molecule has 5 rings (SSSR count). The largest absolute Gasteiger partial charge is 0.497 e. The van der Waals surface area contributed by atoms with E-state index < -0.39 is 24.1 Å². The minimum absolute atomic E-state index is 0.0825. The number of amides is 2. The van der Waals surface area contributed by atoms with Gasteiger partial charge in [-0.1, -0.05) is 0 Å². The molecule has 2 amide bonds. The Morgan fingerprint density at radius 1 is 1.33 bits per heavy atom. The molecule has 1 aromatic heterocycles. The molecule has 1 saturated heterocycles. The maximum absolute atomic E-state index is 14.5. The number of thioether (sulfide) groups is 1. The molecule has 11 heteroatoms. The third-order valence-corrected chi connectivity index (χ3v) is 7.21. The zero-order valence-electron chi connectivity index (χ0n) is 19.5. The minimum atomic E-state index is -0.812. The fourth-order valence-electron chi connectivity index (χ4n) is 4.35. The molecule has 2 atom stereocenters. The number of fused-ring (bicyclic) bond motifs is 2. The van der Waals surface area contributed by atoms with E-state index in [2.05, 4.69) is 15.6 Å². The second-order valence-electron chi connectivity index (χ2n) is 8.62. The number of cyclic esters (lactones) is 1. The van der Waals surface area contributed by atoms with Crippen molar-refractivity contribution in [2.24, 2.45) is 0 Å². The number of aromatic nitrogens is 1. The van der Waals surface area contributed by atoms with Crippen molar-refractivity contribution in [3.63, 3.8) is 0 Å². The zero-order valence-corrected chi connectivity index (χ0v) is 20.3. The first-order chi connectivity index (χ1) is 17.4. The number of aliphatic hydroxyl groups is 1. The highest BCUT2D eigenvalue weighted by Crippen LogP contribution is 2.35. The van der Waals surface area contributed by atoms with Crippen LogP contribution in [0.2, 0.25) is 0 Å². The Balaban J connectivity index is 1.17. The first-order valence-corrected chi connectivity index (χ1v) is 12.4. The molecular weight excluding hydrogens is 487 g/mol. The highest BCUT2D eigenvalue weighted by atomic mass is 32.2. The Kier molecular flexibility index (Phi) is 6.95. The number of nitrogens with one attached hydrogen (secondary N) is 2. The van der Waals surface area contributed by atoms with Crippen LogP contribution in [0.4, 0.5) is 20.6 Å². The van der Waals surface area contributed by atoms with Crippen molar-refractivity contribution in [3.8, 4) is 5.75 Å². The minimum Gasteiger partial charge on any atom is -0.497 e. The molecule has 36 heavy (non-hydrogen) atoms. The van der Waals surface area contributed by atoms with Crippen molar-refractivity contribution >= 4 is 46.0 Å². The lowest BCUT2D eigenvalue weighted by atomic mass is 10.1. The van der Waals surface area contributed by atoms with E-state index in [0.29, 0.717) is 39.3 Å². The fraction of sp³-hybridized carbons (Fsp3) is 0.320. The van der Waals surface area contributed by atoms with Crippen LogP contribution in [0.3, 0.4) is 0 Å². The topological polar surface area (TPSA) is 113 Å². The highest BCUT2D eigenvalue weighted by Gasteiger charge is 2.34. The van der Waals surface area contributed by atoms with Gasteiger partial charge in [0.05, 0.1) is 42.9 Å². The van der Waals surface area contributed by atoms with Crippen LogP contribution in [0.5, 0.6) is 5.75 Å². The number of rotatable bonds is 8. The van der Waals surface area contributed by atoms with Crippen LogP contribution in [0.1, 0.15) is 12.0 Å². The van der Waals surface area contributed by atoms with Crippen molar-refractivity contribution < 1.29 is 28.6 Å². The molecule has 3 aromatic rings. The molecule has 0 radical (unpaired) electrons. The molecule has 2 aliphatic heterocycles. The summed E-state index contributed by atoms with van der Waals surface area (Å²) >= 11 is 1.45. The molecule has 0 saturated carbocycles. The van der Waals surface area contributed by atoms with Crippen LogP contribution in [-0.2, 0) is 16.1 Å². The number of nitrogens with zero attached hydrogens (tertiary/aromatic N) is 2. The molecule has 0 unspecified atom stereocenters. The van der Waals surface area contributed by atoms with Crippen LogP contribution < -0.4 is 20.3 Å². The number of anilines is 2. The number of pyridine rings is 1. The van der Waals surface area contributed by atoms with E-state index in [1.807, 2.05) is 12.1 Å². The van der Waals surface area contributed by atoms with Crippen LogP contribution in [-0.4, -0.2) is 60.3 Å². The van der Waals surface area contributed by atoms with Gasteiger partial charge in [0.15, 0.2) is 0 Å². The Bertz CT molecular complexity index is 1320. The monoisotopic (exact) mass is 512 g/mol. The normalized spacial score (nSPS) is 18.1. The molecule has 1 fully saturated rings. The van der Waals surface area contributed by atoms with Gasteiger partial charge >= 0.3 is 6.09 Å². The van der Waals surface area contributed by atoms with Gasteiger partial charge in [0.1, 0.15) is 17.7 Å². The number of hydrogen-bond acceptors (Lipinski definition) is 8. The lowest BCUT2D eigenvalue weighted by Crippen LogP contribution is -2.31. The summed E-state index contributed by atoms with van der Waals surface area (Å²) in [5.41, 5.74) is 2.37. The van der Waals surface area contributed by atoms with E-state index in [1.54, 1.807) is 31.4 Å². The van der Waals surface area contributed by atoms with Gasteiger partial charge in [0, 0.05) is 41.0 Å². The van der Waals surface area contributed by atoms with Crippen molar-refractivity contribution in [2.75, 3.05) is 36.2 Å². The number of carbonyl (C=O) groups excluding carboxylic acids is 2. The van der Waals surface area contributed by atoms with Crippen LogP contribution >= 0.6 is 11.8 Å². The Labute approximate surface area is 211 Å². The van der Waals surface area contributed by atoms with Gasteiger partial charge in [-0.3, -0.25) is 14.7 Å². The van der Waals surface area contributed by atoms with E-state index in [4.69, 9.17) is 9.47 Å². The molecule has 0 bridgehead atoms. The van der Waals surface area contributed by atoms with Crippen LogP contribution in [0.25, 0.3) is 10.9 Å². The molecular formula is C25H25FN4O5S. The van der Waals surface area contributed by atoms with Crippen molar-refractivity contribution in [2.45, 2.75) is 30.1 Å². The quantitative estimate of drug-likeness (QED) is 0.422. The fourth-order valence-corrected chi connectivity index (χ4v) is 5.14. The SMILES string of the molecule is COc1ccc2ncc(F)c(CNC[C@H](O)C[C@H]3CN(c4ccc5c(c4)NC(=O)CS5)C(=O)O3)c2c1. The second-order valence-corrected chi connectivity index (χ2v) is 9.64. The third-order valence-electron chi connectivity index (χ3n) is 6.13. The molecule has 2 aliphatic rings. The van der Waals surface area contributed by atoms with Crippen molar-refractivity contribution in [3.05, 3.63) is 54.0 Å². The smallest absolute Gasteiger partial charge is 0.414 e. The zero-order chi connectivity index (χ0) is 25.2. The second kappa shape index (κ2) is 10.3. The lowest BCUT2D eigenvalue weighted by molar-refractivity contribution is -0.113. The van der Waals surface area contributed by atoms with E-state index in [-0.39, 0.29) is 32.0 Å². The van der Waals surface area contributed by atoms with E-state index >= 15 is 0 Å². The average molecular weight is 513 g/mol. The Morgan fingerprint density at radius 2 is 2.19 bits per heavy atom. The molecule has 9 nitrogen and oxygen atoms in total. The van der Waals surface area contributed by atoms with Gasteiger partial charge in [0.25, 0.3) is 0 Å². The van der Waals surface area contributed by atoms with Crippen molar-refractivity contribution in [1.82, 2.24) is 10.3 Å². The number of benzene rings is 2. The third kappa shape index (κ3) is 5.08. The maximum atomic E-state index is 14.5. The maximum Gasteiger partial charge on any atom is 0.414 e. The predicted molar refractivity (Wildman–Crippen MR) is 134 cm³/mol. The van der Waals surface area contributed by atoms with Gasteiger partial charge < -0.3 is 25.2 Å². The van der Waals surface area contributed by atoms with Gasteiger partial charge in [-0.2, -0.15) is 0 Å². The van der Waals surface area contributed by atoms with Gasteiger partial charge in [-0.15, -0.1) is 11.8 Å². The van der Waals surface area contributed by atoms with Crippen LogP contribution in [0, 0.1) is 5.82 Å².